The average Bonchev–Trinajstić information content (AvgIpc) is 3.32. The quantitative estimate of drug-likeness (QED) is 0.588. The zero-order valence-corrected chi connectivity index (χ0v) is 15.1. The Labute approximate surface area is 153 Å². The highest BCUT2D eigenvalue weighted by atomic mass is 32.1. The van der Waals surface area contributed by atoms with Gasteiger partial charge in [0.05, 0.1) is 33.3 Å². The summed E-state index contributed by atoms with van der Waals surface area (Å²) in [5.41, 5.74) is 3.21. The maximum absolute atomic E-state index is 13.0. The van der Waals surface area contributed by atoms with Gasteiger partial charge in [0.15, 0.2) is 0 Å². The zero-order chi connectivity index (χ0) is 18.1. The van der Waals surface area contributed by atoms with Crippen molar-refractivity contribution in [2.45, 2.75) is 19.9 Å². The van der Waals surface area contributed by atoms with Crippen molar-refractivity contribution in [2.24, 2.45) is 0 Å². The van der Waals surface area contributed by atoms with Gasteiger partial charge in [-0.05, 0) is 49.1 Å². The maximum atomic E-state index is 13.0. The molecule has 1 N–H and O–H groups in total. The third-order valence-electron chi connectivity index (χ3n) is 4.19. The number of nitrogens with one attached hydrogen (secondary N) is 1. The second-order valence-corrected chi connectivity index (χ2v) is 6.90. The van der Waals surface area contributed by atoms with E-state index in [9.17, 15) is 4.79 Å². The second-order valence-electron chi connectivity index (χ2n) is 5.96. The van der Waals surface area contributed by atoms with Gasteiger partial charge in [0.1, 0.15) is 0 Å². The molecule has 1 amide bonds. The van der Waals surface area contributed by atoms with Crippen LogP contribution < -0.4 is 5.32 Å². The van der Waals surface area contributed by atoms with E-state index in [0.717, 1.165) is 10.4 Å². The molecule has 0 fully saturated rings. The van der Waals surface area contributed by atoms with Gasteiger partial charge in [0, 0.05) is 12.4 Å². The molecule has 4 heterocycles. The van der Waals surface area contributed by atoms with Crippen LogP contribution in [0, 0.1) is 6.92 Å². The summed E-state index contributed by atoms with van der Waals surface area (Å²) in [6, 6.07) is 9.32. The van der Waals surface area contributed by atoms with Crippen LogP contribution in [0.4, 0.5) is 0 Å². The predicted molar refractivity (Wildman–Crippen MR) is 100.0 cm³/mol. The van der Waals surface area contributed by atoms with Crippen LogP contribution in [-0.4, -0.2) is 21.0 Å². The van der Waals surface area contributed by atoms with E-state index in [2.05, 4.69) is 20.4 Å². The van der Waals surface area contributed by atoms with Crippen LogP contribution in [0.15, 0.2) is 52.6 Å². The summed E-state index contributed by atoms with van der Waals surface area (Å²) in [7, 11) is 0. The Morgan fingerprint density at radius 2 is 2.08 bits per heavy atom. The Morgan fingerprint density at radius 3 is 2.81 bits per heavy atom. The topological polar surface area (TPSA) is 80.9 Å². The highest BCUT2D eigenvalue weighted by molar-refractivity contribution is 7.13. The van der Waals surface area contributed by atoms with Gasteiger partial charge in [-0.15, -0.1) is 11.3 Å². The van der Waals surface area contributed by atoms with Crippen LogP contribution in [0.2, 0.25) is 0 Å². The number of hydrogen-bond donors (Lipinski definition) is 1. The first-order valence-corrected chi connectivity index (χ1v) is 9.03. The number of aryl methyl sites for hydroxylation is 1. The molecule has 0 radical (unpaired) electrons. The molecule has 0 aliphatic heterocycles. The molecule has 0 aromatic carbocycles. The van der Waals surface area contributed by atoms with Crippen LogP contribution >= 0.6 is 11.3 Å². The van der Waals surface area contributed by atoms with Gasteiger partial charge < -0.3 is 9.84 Å². The minimum atomic E-state index is -0.189. The standard InChI is InChI=1S/C19H16N4O2S/c1-11(13-5-7-20-8-6-13)21-18(24)14-10-15(16-4-3-9-26-16)22-19-17(14)12(2)23-25-19/h3-11H,1-2H3,(H,21,24)/t11-/m1/s1. The highest BCUT2D eigenvalue weighted by Gasteiger charge is 2.21. The van der Waals surface area contributed by atoms with Crippen molar-refractivity contribution in [3.63, 3.8) is 0 Å². The Morgan fingerprint density at radius 1 is 1.27 bits per heavy atom. The highest BCUT2D eigenvalue weighted by Crippen LogP contribution is 2.29. The Kier molecular flexibility index (Phi) is 4.22. The van der Waals surface area contributed by atoms with E-state index in [1.54, 1.807) is 36.7 Å². The molecule has 4 aromatic heterocycles. The molecule has 0 bridgehead atoms. The summed E-state index contributed by atoms with van der Waals surface area (Å²) in [5, 5.41) is 9.62. The first-order chi connectivity index (χ1) is 12.6. The molecule has 6 nitrogen and oxygen atoms in total. The molecule has 4 rings (SSSR count). The van der Waals surface area contributed by atoms with Gasteiger partial charge in [-0.25, -0.2) is 4.98 Å². The van der Waals surface area contributed by atoms with E-state index in [1.807, 2.05) is 36.6 Å². The number of thiophene rings is 1. The van der Waals surface area contributed by atoms with Crippen LogP contribution in [0.25, 0.3) is 21.7 Å². The van der Waals surface area contributed by atoms with Crippen molar-refractivity contribution in [1.29, 1.82) is 0 Å². The summed E-state index contributed by atoms with van der Waals surface area (Å²) in [6.45, 7) is 3.74. The summed E-state index contributed by atoms with van der Waals surface area (Å²) in [6.07, 6.45) is 3.42. The normalized spacial score (nSPS) is 12.2. The lowest BCUT2D eigenvalue weighted by atomic mass is 10.1. The van der Waals surface area contributed by atoms with Crippen molar-refractivity contribution in [3.8, 4) is 10.6 Å². The van der Waals surface area contributed by atoms with Gasteiger partial charge in [0.25, 0.3) is 11.6 Å². The van der Waals surface area contributed by atoms with Crippen molar-refractivity contribution in [1.82, 2.24) is 20.4 Å². The second kappa shape index (κ2) is 6.68. The molecule has 1 atom stereocenters. The molecular weight excluding hydrogens is 348 g/mol. The van der Waals surface area contributed by atoms with Gasteiger partial charge >= 0.3 is 0 Å². The van der Waals surface area contributed by atoms with Gasteiger partial charge in [0.2, 0.25) is 0 Å². The molecule has 0 saturated heterocycles. The van der Waals surface area contributed by atoms with Crippen molar-refractivity contribution in [3.05, 3.63) is 64.9 Å². The summed E-state index contributed by atoms with van der Waals surface area (Å²) in [4.78, 5) is 22.5. The van der Waals surface area contributed by atoms with E-state index < -0.39 is 0 Å². The van der Waals surface area contributed by atoms with E-state index in [-0.39, 0.29) is 11.9 Å². The van der Waals surface area contributed by atoms with Crippen LogP contribution in [-0.2, 0) is 0 Å². The van der Waals surface area contributed by atoms with Gasteiger partial charge in [-0.3, -0.25) is 9.78 Å². The Balaban J connectivity index is 1.74. The molecule has 26 heavy (non-hydrogen) atoms. The predicted octanol–water partition coefficient (Wildman–Crippen LogP) is 4.15. The van der Waals surface area contributed by atoms with Crippen LogP contribution in [0.3, 0.4) is 0 Å². The summed E-state index contributed by atoms with van der Waals surface area (Å²) in [5.74, 6) is -0.189. The van der Waals surface area contributed by atoms with E-state index in [1.165, 1.54) is 0 Å². The summed E-state index contributed by atoms with van der Waals surface area (Å²) >= 11 is 1.56. The fraction of sp³-hybridized carbons (Fsp3) is 0.158. The minimum Gasteiger partial charge on any atom is -0.345 e. The Bertz CT molecular complexity index is 1060. The lowest BCUT2D eigenvalue weighted by Crippen LogP contribution is -2.27. The van der Waals surface area contributed by atoms with E-state index in [0.29, 0.717) is 28.1 Å². The number of amides is 1. The first kappa shape index (κ1) is 16.4. The molecule has 0 unspecified atom stereocenters. The van der Waals surface area contributed by atoms with Gasteiger partial charge in [-0.2, -0.15) is 0 Å². The molecule has 0 aliphatic rings. The third-order valence-corrected chi connectivity index (χ3v) is 5.08. The molecule has 0 saturated carbocycles. The monoisotopic (exact) mass is 364 g/mol. The lowest BCUT2D eigenvalue weighted by molar-refractivity contribution is 0.0941. The molecular formula is C19H16N4O2S. The number of hydrogen-bond acceptors (Lipinski definition) is 6. The largest absolute Gasteiger partial charge is 0.345 e. The molecule has 4 aromatic rings. The number of carbonyl (C=O) groups excluding carboxylic acids is 1. The lowest BCUT2D eigenvalue weighted by Gasteiger charge is -2.14. The number of fused-ring (bicyclic) bond motifs is 1. The smallest absolute Gasteiger partial charge is 0.259 e. The number of carbonyl (C=O) groups is 1. The first-order valence-electron chi connectivity index (χ1n) is 8.15. The fourth-order valence-electron chi connectivity index (χ4n) is 2.83. The number of nitrogens with zero attached hydrogens (tertiary/aromatic N) is 3. The number of rotatable bonds is 4. The molecule has 0 aliphatic carbocycles. The number of aromatic nitrogens is 3. The van der Waals surface area contributed by atoms with Crippen molar-refractivity contribution in [2.75, 3.05) is 0 Å². The van der Waals surface area contributed by atoms with Crippen LogP contribution in [0.5, 0.6) is 0 Å². The Hall–Kier alpha value is -3.06. The van der Waals surface area contributed by atoms with E-state index in [4.69, 9.17) is 4.52 Å². The van der Waals surface area contributed by atoms with Crippen LogP contribution in [0.1, 0.15) is 34.6 Å². The third kappa shape index (κ3) is 2.97. The van der Waals surface area contributed by atoms with Crippen molar-refractivity contribution < 1.29 is 9.32 Å². The van der Waals surface area contributed by atoms with E-state index >= 15 is 0 Å². The fourth-order valence-corrected chi connectivity index (χ4v) is 3.52. The van der Waals surface area contributed by atoms with Gasteiger partial charge in [-0.1, -0.05) is 11.2 Å². The SMILES string of the molecule is Cc1noc2nc(-c3cccs3)cc(C(=O)N[C@H](C)c3ccncc3)c12. The molecule has 7 heteroatoms. The minimum absolute atomic E-state index is 0.154. The number of pyridine rings is 2. The molecule has 130 valence electrons. The zero-order valence-electron chi connectivity index (χ0n) is 14.3. The van der Waals surface area contributed by atoms with Crippen molar-refractivity contribution >= 4 is 28.3 Å². The average molecular weight is 364 g/mol. The summed E-state index contributed by atoms with van der Waals surface area (Å²) < 4.78 is 5.32. The molecule has 0 spiro atoms. The maximum Gasteiger partial charge on any atom is 0.259 e.